The van der Waals surface area contributed by atoms with E-state index in [1.807, 2.05) is 18.2 Å². The molecule has 0 saturated carbocycles. The first-order valence-electron chi connectivity index (χ1n) is 15.5. The van der Waals surface area contributed by atoms with Crippen molar-refractivity contribution in [3.8, 4) is 5.69 Å². The van der Waals surface area contributed by atoms with Crippen LogP contribution in [0.25, 0.3) is 49.4 Å². The number of furan rings is 1. The van der Waals surface area contributed by atoms with E-state index in [-0.39, 0.29) is 12.2 Å². The van der Waals surface area contributed by atoms with E-state index in [1.54, 1.807) is 0 Å². The number of aromatic nitrogens is 1. The summed E-state index contributed by atoms with van der Waals surface area (Å²) in [4.78, 5) is 5.22. The van der Waals surface area contributed by atoms with Crippen molar-refractivity contribution in [1.29, 1.82) is 0 Å². The monoisotopic (exact) mass is 583 g/mol. The third kappa shape index (κ3) is 4.80. The number of rotatable bonds is 7. The fourth-order valence-corrected chi connectivity index (χ4v) is 6.59. The molecule has 218 valence electrons. The molecule has 2 aromatic heterocycles. The first kappa shape index (κ1) is 27.1. The van der Waals surface area contributed by atoms with Crippen molar-refractivity contribution in [2.75, 3.05) is 0 Å². The largest absolute Gasteiger partial charge is 0.456 e. The number of benzene rings is 6. The van der Waals surface area contributed by atoms with Gasteiger partial charge < -0.3 is 8.98 Å². The average molecular weight is 584 g/mol. The molecule has 2 atom stereocenters. The number of hydrogen-bond acceptors (Lipinski definition) is 3. The number of fused-ring (bicyclic) bond motifs is 7. The summed E-state index contributed by atoms with van der Waals surface area (Å²) in [6.45, 7) is 4.28. The maximum atomic E-state index is 6.26. The Hall–Kier alpha value is -5.45. The summed E-state index contributed by atoms with van der Waals surface area (Å²) >= 11 is 0. The molecule has 8 aromatic rings. The van der Waals surface area contributed by atoms with Gasteiger partial charge in [0.05, 0.1) is 11.0 Å². The van der Waals surface area contributed by atoms with Crippen LogP contribution in [0.15, 0.2) is 155 Å². The Labute approximate surface area is 262 Å². The Morgan fingerprint density at radius 1 is 0.600 bits per heavy atom. The average Bonchev–Trinajstić information content (AvgIpc) is 3.64. The molecule has 2 heterocycles. The van der Waals surface area contributed by atoms with Gasteiger partial charge in [0.1, 0.15) is 17.3 Å². The fraction of sp³-hybridized carbons (Fsp3) is 0.0976. The minimum absolute atomic E-state index is 0.118. The summed E-state index contributed by atoms with van der Waals surface area (Å²) in [5.41, 5.74) is 9.72. The van der Waals surface area contributed by atoms with Gasteiger partial charge in [-0.15, -0.1) is 0 Å². The minimum atomic E-state index is -0.218. The molecule has 45 heavy (non-hydrogen) atoms. The second kappa shape index (κ2) is 11.2. The molecule has 4 heteroatoms. The number of aliphatic imine (C=N–C) groups is 1. The zero-order valence-corrected chi connectivity index (χ0v) is 25.3. The standard InChI is InChI=1S/C41H33N3O/c1-27(29-13-5-3-6-14-29)42-41(43-28(2)30-15-7-4-8-16-30)31-21-23-32(24-22-31)44-35-19-11-9-17-33(35)39-36(44)25-26-38-40(39)34-18-10-12-20-37(34)45-38/h3-27,41-42H,1-2H3. The molecule has 0 fully saturated rings. The van der Waals surface area contributed by atoms with E-state index in [1.165, 1.54) is 27.2 Å². The van der Waals surface area contributed by atoms with E-state index in [4.69, 9.17) is 9.41 Å². The van der Waals surface area contributed by atoms with Crippen molar-refractivity contribution in [2.45, 2.75) is 26.1 Å². The molecule has 1 N–H and O–H groups in total. The normalized spacial score (nSPS) is 13.6. The van der Waals surface area contributed by atoms with Crippen LogP contribution in [0.2, 0.25) is 0 Å². The van der Waals surface area contributed by atoms with Crippen LogP contribution in [0.4, 0.5) is 0 Å². The Morgan fingerprint density at radius 2 is 1.27 bits per heavy atom. The van der Waals surface area contributed by atoms with Crippen molar-refractivity contribution in [3.63, 3.8) is 0 Å². The fourth-order valence-electron chi connectivity index (χ4n) is 6.59. The summed E-state index contributed by atoms with van der Waals surface area (Å²) in [7, 11) is 0. The summed E-state index contributed by atoms with van der Waals surface area (Å²) in [6, 6.07) is 51.2. The maximum absolute atomic E-state index is 6.26. The highest BCUT2D eigenvalue weighted by molar-refractivity contribution is 6.27. The van der Waals surface area contributed by atoms with Gasteiger partial charge in [-0.1, -0.05) is 109 Å². The molecule has 6 aromatic carbocycles. The predicted molar refractivity (Wildman–Crippen MR) is 187 cm³/mol. The molecule has 0 radical (unpaired) electrons. The molecule has 4 nitrogen and oxygen atoms in total. The van der Waals surface area contributed by atoms with Crippen molar-refractivity contribution in [3.05, 3.63) is 162 Å². The number of nitrogens with zero attached hydrogens (tertiary/aromatic N) is 2. The Balaban J connectivity index is 1.24. The van der Waals surface area contributed by atoms with Crippen LogP contribution in [0.5, 0.6) is 0 Å². The van der Waals surface area contributed by atoms with Gasteiger partial charge in [-0.25, -0.2) is 0 Å². The van der Waals surface area contributed by atoms with Crippen molar-refractivity contribution in [1.82, 2.24) is 9.88 Å². The topological polar surface area (TPSA) is 42.5 Å². The van der Waals surface area contributed by atoms with Gasteiger partial charge in [-0.05, 0) is 66.9 Å². The summed E-state index contributed by atoms with van der Waals surface area (Å²) in [5, 5.41) is 8.54. The van der Waals surface area contributed by atoms with Crippen molar-refractivity contribution in [2.24, 2.45) is 4.99 Å². The van der Waals surface area contributed by atoms with Gasteiger partial charge in [0.25, 0.3) is 0 Å². The van der Waals surface area contributed by atoms with Crippen LogP contribution < -0.4 is 5.32 Å². The smallest absolute Gasteiger partial charge is 0.136 e. The molecule has 0 aliphatic rings. The Bertz CT molecular complexity index is 2310. The minimum Gasteiger partial charge on any atom is -0.456 e. The molecule has 0 amide bonds. The molecule has 8 rings (SSSR count). The van der Waals surface area contributed by atoms with Gasteiger partial charge in [0, 0.05) is 39.0 Å². The predicted octanol–water partition coefficient (Wildman–Crippen LogP) is 10.5. The Morgan fingerprint density at radius 3 is 2.04 bits per heavy atom. The second-order valence-corrected chi connectivity index (χ2v) is 11.7. The molecular formula is C41H33N3O. The lowest BCUT2D eigenvalue weighted by molar-refractivity contribution is 0.481. The van der Waals surface area contributed by atoms with Crippen molar-refractivity contribution >= 4 is 49.5 Å². The van der Waals surface area contributed by atoms with Gasteiger partial charge >= 0.3 is 0 Å². The SMILES string of the molecule is CC(=NC(NC(C)c1ccccc1)c1ccc(-n2c3ccccc3c3c4c(ccc32)oc2ccccc24)cc1)c1ccccc1. The van der Waals surface area contributed by atoms with E-state index in [0.29, 0.717) is 0 Å². The van der Waals surface area contributed by atoms with Crippen LogP contribution in [0.1, 0.15) is 42.7 Å². The van der Waals surface area contributed by atoms with Crippen LogP contribution in [0, 0.1) is 0 Å². The molecule has 0 aliphatic heterocycles. The van der Waals surface area contributed by atoms with E-state index < -0.39 is 0 Å². The van der Waals surface area contributed by atoms with E-state index in [2.05, 4.69) is 151 Å². The van der Waals surface area contributed by atoms with Crippen LogP contribution in [-0.2, 0) is 0 Å². The summed E-state index contributed by atoms with van der Waals surface area (Å²) in [5.74, 6) is 0. The van der Waals surface area contributed by atoms with Crippen LogP contribution in [-0.4, -0.2) is 10.3 Å². The lowest BCUT2D eigenvalue weighted by atomic mass is 10.1. The van der Waals surface area contributed by atoms with E-state index >= 15 is 0 Å². The second-order valence-electron chi connectivity index (χ2n) is 11.7. The summed E-state index contributed by atoms with van der Waals surface area (Å²) < 4.78 is 8.63. The van der Waals surface area contributed by atoms with E-state index in [0.717, 1.165) is 44.6 Å². The maximum Gasteiger partial charge on any atom is 0.136 e. The number of para-hydroxylation sites is 2. The summed E-state index contributed by atoms with van der Waals surface area (Å²) in [6.07, 6.45) is -0.218. The highest BCUT2D eigenvalue weighted by Gasteiger charge is 2.20. The van der Waals surface area contributed by atoms with Crippen molar-refractivity contribution < 1.29 is 4.42 Å². The lowest BCUT2D eigenvalue weighted by Gasteiger charge is -2.22. The molecular weight excluding hydrogens is 550 g/mol. The van der Waals surface area contributed by atoms with Gasteiger partial charge in [0.2, 0.25) is 0 Å². The third-order valence-corrected chi connectivity index (χ3v) is 8.87. The zero-order chi connectivity index (χ0) is 30.3. The Kier molecular flexibility index (Phi) is 6.77. The first-order chi connectivity index (χ1) is 22.2. The highest BCUT2D eigenvalue weighted by atomic mass is 16.3. The number of nitrogens with one attached hydrogen (secondary N) is 1. The zero-order valence-electron chi connectivity index (χ0n) is 25.3. The van der Waals surface area contributed by atoms with Gasteiger partial charge in [-0.3, -0.25) is 10.3 Å². The third-order valence-electron chi connectivity index (χ3n) is 8.87. The molecule has 0 spiro atoms. The number of hydrogen-bond donors (Lipinski definition) is 1. The van der Waals surface area contributed by atoms with Crippen LogP contribution >= 0.6 is 0 Å². The first-order valence-corrected chi connectivity index (χ1v) is 15.5. The van der Waals surface area contributed by atoms with Crippen LogP contribution in [0.3, 0.4) is 0 Å². The molecule has 0 bridgehead atoms. The van der Waals surface area contributed by atoms with Gasteiger partial charge in [0.15, 0.2) is 0 Å². The highest BCUT2D eigenvalue weighted by Crippen LogP contribution is 2.41. The molecule has 0 saturated heterocycles. The quantitative estimate of drug-likeness (QED) is 0.190. The van der Waals surface area contributed by atoms with E-state index in [9.17, 15) is 0 Å². The lowest BCUT2D eigenvalue weighted by Crippen LogP contribution is -2.24. The molecule has 0 aliphatic carbocycles. The van der Waals surface area contributed by atoms with Gasteiger partial charge in [-0.2, -0.15) is 0 Å². The molecule has 2 unspecified atom stereocenters.